The van der Waals surface area contributed by atoms with E-state index in [9.17, 15) is 4.79 Å². The molecule has 2 aromatic carbocycles. The van der Waals surface area contributed by atoms with E-state index in [2.05, 4.69) is 52.3 Å². The van der Waals surface area contributed by atoms with Crippen LogP contribution in [0, 0.1) is 0 Å². The van der Waals surface area contributed by atoms with Crippen LogP contribution in [0.5, 0.6) is 0 Å². The first-order chi connectivity index (χ1) is 16.7. The highest BCUT2D eigenvalue weighted by Crippen LogP contribution is 2.44. The first-order valence-corrected chi connectivity index (χ1v) is 13.7. The maximum atomic E-state index is 12.8. The second-order valence-corrected chi connectivity index (χ2v) is 10.5. The normalized spacial score (nSPS) is 25.3. The summed E-state index contributed by atoms with van der Waals surface area (Å²) in [6.07, 6.45) is 12.3. The molecule has 4 nitrogen and oxygen atoms in total. The molecule has 34 heavy (non-hydrogen) atoms. The monoisotopic (exact) mass is 459 g/mol. The lowest BCUT2D eigenvalue weighted by Gasteiger charge is -2.48. The lowest BCUT2D eigenvalue weighted by Crippen LogP contribution is -2.53. The number of anilines is 2. The third-order valence-electron chi connectivity index (χ3n) is 8.60. The standard InChI is InChI=1S/C30H41N3O/c1-3-31(4-2)30(34)23-15-17-26(18-16-23)32(24-11-7-5-8-12-24)29-21-27-19-20-28(22-29)33(27)25-13-9-6-10-14-25/h5,7-8,11-12,15-18,25,27-29H,3-4,6,9-10,13-14,19-22H2,1-2H3/t27-,28+,29?. The Hall–Kier alpha value is -2.33. The smallest absolute Gasteiger partial charge is 0.253 e. The van der Waals surface area contributed by atoms with Gasteiger partial charge < -0.3 is 9.80 Å². The predicted octanol–water partition coefficient (Wildman–Crippen LogP) is 6.63. The molecule has 0 radical (unpaired) electrons. The minimum Gasteiger partial charge on any atom is -0.339 e. The van der Waals surface area contributed by atoms with Gasteiger partial charge in [0.2, 0.25) is 0 Å². The van der Waals surface area contributed by atoms with Gasteiger partial charge in [0.15, 0.2) is 0 Å². The van der Waals surface area contributed by atoms with Gasteiger partial charge in [0, 0.05) is 54.2 Å². The number of fused-ring (bicyclic) bond motifs is 2. The van der Waals surface area contributed by atoms with Gasteiger partial charge in [-0.1, -0.05) is 37.5 Å². The molecule has 2 aliphatic heterocycles. The van der Waals surface area contributed by atoms with Gasteiger partial charge in [-0.15, -0.1) is 0 Å². The minimum atomic E-state index is 0.127. The number of rotatable bonds is 7. The number of amides is 1. The van der Waals surface area contributed by atoms with E-state index in [1.165, 1.54) is 69.2 Å². The Morgan fingerprint density at radius 3 is 1.94 bits per heavy atom. The molecule has 1 aliphatic carbocycles. The number of nitrogens with zero attached hydrogens (tertiary/aromatic N) is 3. The van der Waals surface area contributed by atoms with E-state index < -0.39 is 0 Å². The summed E-state index contributed by atoms with van der Waals surface area (Å²) in [5.74, 6) is 0.127. The lowest BCUT2D eigenvalue weighted by atomic mass is 9.88. The van der Waals surface area contributed by atoms with Crippen LogP contribution in [0.3, 0.4) is 0 Å². The molecule has 3 fully saturated rings. The second kappa shape index (κ2) is 10.5. The average molecular weight is 460 g/mol. The largest absolute Gasteiger partial charge is 0.339 e. The summed E-state index contributed by atoms with van der Waals surface area (Å²) in [5, 5.41) is 0. The summed E-state index contributed by atoms with van der Waals surface area (Å²) in [6.45, 7) is 5.58. The van der Waals surface area contributed by atoms with Crippen molar-refractivity contribution in [2.24, 2.45) is 0 Å². The number of para-hydroxylation sites is 1. The van der Waals surface area contributed by atoms with Crippen LogP contribution in [-0.4, -0.2) is 53.0 Å². The van der Waals surface area contributed by atoms with Gasteiger partial charge in [-0.2, -0.15) is 0 Å². The highest BCUT2D eigenvalue weighted by Gasteiger charge is 2.45. The van der Waals surface area contributed by atoms with E-state index in [-0.39, 0.29) is 5.91 Å². The Kier molecular flexibility index (Phi) is 7.24. The lowest BCUT2D eigenvalue weighted by molar-refractivity contribution is 0.0578. The molecule has 182 valence electrons. The molecule has 5 rings (SSSR count). The molecule has 2 aromatic rings. The van der Waals surface area contributed by atoms with Gasteiger partial charge >= 0.3 is 0 Å². The maximum Gasteiger partial charge on any atom is 0.253 e. The summed E-state index contributed by atoms with van der Waals surface area (Å²) >= 11 is 0. The zero-order valence-electron chi connectivity index (χ0n) is 21.0. The van der Waals surface area contributed by atoms with E-state index in [1.807, 2.05) is 30.9 Å². The van der Waals surface area contributed by atoms with Crippen molar-refractivity contribution in [2.45, 2.75) is 95.8 Å². The van der Waals surface area contributed by atoms with E-state index in [0.717, 1.165) is 36.8 Å². The number of carbonyl (C=O) groups excluding carboxylic acids is 1. The molecule has 2 bridgehead atoms. The fourth-order valence-electron chi connectivity index (χ4n) is 6.99. The van der Waals surface area contributed by atoms with Gasteiger partial charge in [0.25, 0.3) is 5.91 Å². The fraction of sp³-hybridized carbons (Fsp3) is 0.567. The first kappa shape index (κ1) is 23.4. The molecule has 0 aromatic heterocycles. The van der Waals surface area contributed by atoms with Crippen molar-refractivity contribution in [1.82, 2.24) is 9.80 Å². The van der Waals surface area contributed by atoms with E-state index in [4.69, 9.17) is 0 Å². The van der Waals surface area contributed by atoms with Crippen molar-refractivity contribution in [3.63, 3.8) is 0 Å². The van der Waals surface area contributed by atoms with Gasteiger partial charge in [0.05, 0.1) is 0 Å². The minimum absolute atomic E-state index is 0.127. The van der Waals surface area contributed by atoms with Crippen LogP contribution in [0.2, 0.25) is 0 Å². The third kappa shape index (κ3) is 4.62. The van der Waals surface area contributed by atoms with Gasteiger partial charge in [0.1, 0.15) is 0 Å². The van der Waals surface area contributed by atoms with Gasteiger partial charge in [-0.3, -0.25) is 9.69 Å². The van der Waals surface area contributed by atoms with Crippen LogP contribution in [0.25, 0.3) is 0 Å². The molecule has 2 heterocycles. The van der Waals surface area contributed by atoms with Gasteiger partial charge in [-0.25, -0.2) is 0 Å². The van der Waals surface area contributed by atoms with Crippen molar-refractivity contribution >= 4 is 17.3 Å². The predicted molar refractivity (Wildman–Crippen MR) is 141 cm³/mol. The van der Waals surface area contributed by atoms with Crippen LogP contribution in [0.15, 0.2) is 54.6 Å². The van der Waals surface area contributed by atoms with Crippen LogP contribution >= 0.6 is 0 Å². The molecule has 0 spiro atoms. The third-order valence-corrected chi connectivity index (χ3v) is 8.60. The molecule has 1 saturated carbocycles. The Bertz CT molecular complexity index is 919. The average Bonchev–Trinajstić information content (AvgIpc) is 3.16. The number of benzene rings is 2. The maximum absolute atomic E-state index is 12.8. The van der Waals surface area contributed by atoms with Crippen LogP contribution in [-0.2, 0) is 0 Å². The molecule has 4 heteroatoms. The van der Waals surface area contributed by atoms with Crippen molar-refractivity contribution in [3.05, 3.63) is 60.2 Å². The number of carbonyl (C=O) groups is 1. The van der Waals surface area contributed by atoms with Crippen molar-refractivity contribution in [1.29, 1.82) is 0 Å². The van der Waals surface area contributed by atoms with E-state index in [1.54, 1.807) is 0 Å². The fourth-order valence-corrected chi connectivity index (χ4v) is 6.99. The molecular formula is C30H41N3O. The van der Waals surface area contributed by atoms with Crippen LogP contribution < -0.4 is 4.90 Å². The molecular weight excluding hydrogens is 418 g/mol. The molecule has 2 saturated heterocycles. The number of hydrogen-bond acceptors (Lipinski definition) is 3. The summed E-state index contributed by atoms with van der Waals surface area (Å²) in [6, 6.07) is 22.0. The number of hydrogen-bond donors (Lipinski definition) is 0. The quantitative estimate of drug-likeness (QED) is 0.465. The molecule has 1 unspecified atom stereocenters. The summed E-state index contributed by atoms with van der Waals surface area (Å²) < 4.78 is 0. The zero-order chi connectivity index (χ0) is 23.5. The highest BCUT2D eigenvalue weighted by atomic mass is 16.2. The Balaban J connectivity index is 1.39. The Morgan fingerprint density at radius 2 is 1.35 bits per heavy atom. The SMILES string of the molecule is CCN(CC)C(=O)c1ccc(N(c2ccccc2)C2C[C@H]3CC[C@@H](C2)N3C2CCCCC2)cc1. The van der Waals surface area contributed by atoms with Crippen molar-refractivity contribution < 1.29 is 4.79 Å². The van der Waals surface area contributed by atoms with E-state index in [0.29, 0.717) is 6.04 Å². The van der Waals surface area contributed by atoms with Gasteiger partial charge in [-0.05, 0) is 88.8 Å². The summed E-state index contributed by atoms with van der Waals surface area (Å²) in [4.78, 5) is 20.3. The summed E-state index contributed by atoms with van der Waals surface area (Å²) in [7, 11) is 0. The van der Waals surface area contributed by atoms with Crippen molar-refractivity contribution in [2.75, 3.05) is 18.0 Å². The second-order valence-electron chi connectivity index (χ2n) is 10.5. The topological polar surface area (TPSA) is 26.8 Å². The molecule has 0 N–H and O–H groups in total. The first-order valence-electron chi connectivity index (χ1n) is 13.7. The van der Waals surface area contributed by atoms with Crippen LogP contribution in [0.4, 0.5) is 11.4 Å². The van der Waals surface area contributed by atoms with E-state index >= 15 is 0 Å². The molecule has 3 aliphatic rings. The molecule has 1 amide bonds. The van der Waals surface area contributed by atoms with Crippen LogP contribution in [0.1, 0.15) is 82.0 Å². The zero-order valence-corrected chi connectivity index (χ0v) is 21.0. The molecule has 3 atom stereocenters. The number of piperidine rings is 1. The van der Waals surface area contributed by atoms with Crippen molar-refractivity contribution in [3.8, 4) is 0 Å². The summed E-state index contributed by atoms with van der Waals surface area (Å²) in [5.41, 5.74) is 3.26. The Labute approximate surface area is 205 Å². The highest BCUT2D eigenvalue weighted by molar-refractivity contribution is 5.94. The Morgan fingerprint density at radius 1 is 0.765 bits per heavy atom.